The molecule has 1 aromatic heterocycles. The van der Waals surface area contributed by atoms with Gasteiger partial charge in [0.05, 0.1) is 0 Å². The van der Waals surface area contributed by atoms with E-state index < -0.39 is 11.9 Å². The Bertz CT molecular complexity index is 490. The SMILES string of the molecule is FC(F)(F)c1cc(-c2ccc(Br)cc2)on1. The second-order valence-electron chi connectivity index (χ2n) is 3.08. The van der Waals surface area contributed by atoms with E-state index in [4.69, 9.17) is 0 Å². The maximum absolute atomic E-state index is 12.3. The third-order valence-electron chi connectivity index (χ3n) is 1.93. The topological polar surface area (TPSA) is 26.0 Å². The Hall–Kier alpha value is -1.30. The molecule has 0 aliphatic rings. The highest BCUT2D eigenvalue weighted by Crippen LogP contribution is 2.31. The summed E-state index contributed by atoms with van der Waals surface area (Å²) in [5, 5.41) is 2.97. The van der Waals surface area contributed by atoms with Gasteiger partial charge in [-0.15, -0.1) is 0 Å². The second kappa shape index (κ2) is 3.93. The molecular formula is C10H5BrF3NO. The fourth-order valence-corrected chi connectivity index (χ4v) is 1.42. The Morgan fingerprint density at radius 2 is 1.75 bits per heavy atom. The molecule has 0 atom stereocenters. The van der Waals surface area contributed by atoms with E-state index in [0.717, 1.165) is 10.5 Å². The van der Waals surface area contributed by atoms with E-state index in [1.165, 1.54) is 0 Å². The summed E-state index contributed by atoms with van der Waals surface area (Å²) in [6, 6.07) is 7.59. The molecule has 2 nitrogen and oxygen atoms in total. The van der Waals surface area contributed by atoms with E-state index in [0.29, 0.717) is 5.56 Å². The van der Waals surface area contributed by atoms with Crippen molar-refractivity contribution in [3.05, 3.63) is 40.5 Å². The van der Waals surface area contributed by atoms with Crippen molar-refractivity contribution in [2.45, 2.75) is 6.18 Å². The van der Waals surface area contributed by atoms with Crippen LogP contribution in [0.15, 0.2) is 39.3 Å². The Morgan fingerprint density at radius 1 is 1.12 bits per heavy atom. The predicted molar refractivity (Wildman–Crippen MR) is 54.6 cm³/mol. The molecule has 6 heteroatoms. The van der Waals surface area contributed by atoms with Crippen LogP contribution in [0.3, 0.4) is 0 Å². The minimum atomic E-state index is -4.48. The molecule has 0 saturated heterocycles. The van der Waals surface area contributed by atoms with Crippen molar-refractivity contribution in [2.24, 2.45) is 0 Å². The smallest absolute Gasteiger partial charge is 0.356 e. The average Bonchev–Trinajstić information content (AvgIpc) is 2.67. The molecule has 1 aromatic carbocycles. The molecule has 2 aromatic rings. The molecule has 0 spiro atoms. The van der Waals surface area contributed by atoms with Gasteiger partial charge in [-0.25, -0.2) is 0 Å². The highest BCUT2D eigenvalue weighted by Gasteiger charge is 2.35. The van der Waals surface area contributed by atoms with Crippen LogP contribution in [0.1, 0.15) is 5.69 Å². The summed E-state index contributed by atoms with van der Waals surface area (Å²) in [7, 11) is 0. The van der Waals surface area contributed by atoms with Crippen molar-refractivity contribution in [1.82, 2.24) is 5.16 Å². The number of hydrogen-bond donors (Lipinski definition) is 0. The average molecular weight is 292 g/mol. The lowest BCUT2D eigenvalue weighted by Crippen LogP contribution is -2.04. The number of rotatable bonds is 1. The van der Waals surface area contributed by atoms with Crippen LogP contribution >= 0.6 is 15.9 Å². The molecule has 0 fully saturated rings. The van der Waals surface area contributed by atoms with E-state index >= 15 is 0 Å². The minimum Gasteiger partial charge on any atom is -0.356 e. The molecule has 0 unspecified atom stereocenters. The number of alkyl halides is 3. The van der Waals surface area contributed by atoms with Gasteiger partial charge >= 0.3 is 6.18 Å². The van der Waals surface area contributed by atoms with Gasteiger partial charge in [-0.2, -0.15) is 13.2 Å². The molecular weight excluding hydrogens is 287 g/mol. The maximum atomic E-state index is 12.3. The number of benzene rings is 1. The molecule has 2 rings (SSSR count). The zero-order valence-corrected chi connectivity index (χ0v) is 9.34. The first-order valence-electron chi connectivity index (χ1n) is 4.26. The van der Waals surface area contributed by atoms with Crippen LogP contribution in [0.25, 0.3) is 11.3 Å². The Kier molecular flexibility index (Phi) is 2.75. The largest absolute Gasteiger partial charge is 0.436 e. The fraction of sp³-hybridized carbons (Fsp3) is 0.100. The molecule has 0 aliphatic carbocycles. The molecule has 0 aliphatic heterocycles. The van der Waals surface area contributed by atoms with Crippen LogP contribution in [-0.4, -0.2) is 5.16 Å². The zero-order valence-electron chi connectivity index (χ0n) is 7.75. The van der Waals surface area contributed by atoms with Crippen molar-refractivity contribution < 1.29 is 17.7 Å². The highest BCUT2D eigenvalue weighted by atomic mass is 79.9. The number of hydrogen-bond acceptors (Lipinski definition) is 2. The van der Waals surface area contributed by atoms with Crippen LogP contribution in [-0.2, 0) is 6.18 Å². The standard InChI is InChI=1S/C10H5BrF3NO/c11-7-3-1-6(2-4-7)8-5-9(15-16-8)10(12,13)14/h1-5H. The van der Waals surface area contributed by atoms with Crippen LogP contribution in [0.5, 0.6) is 0 Å². The van der Waals surface area contributed by atoms with Gasteiger partial charge in [-0.3, -0.25) is 0 Å². The zero-order chi connectivity index (χ0) is 11.8. The van der Waals surface area contributed by atoms with Crippen molar-refractivity contribution in [3.63, 3.8) is 0 Å². The first-order valence-corrected chi connectivity index (χ1v) is 5.06. The summed E-state index contributed by atoms with van der Waals surface area (Å²) in [5.74, 6) is 0.0971. The Morgan fingerprint density at radius 3 is 2.25 bits per heavy atom. The van der Waals surface area contributed by atoms with Crippen LogP contribution in [0.4, 0.5) is 13.2 Å². The lowest BCUT2D eigenvalue weighted by atomic mass is 10.1. The van der Waals surface area contributed by atoms with Gasteiger partial charge < -0.3 is 4.52 Å². The van der Waals surface area contributed by atoms with Crippen molar-refractivity contribution in [1.29, 1.82) is 0 Å². The van der Waals surface area contributed by atoms with Gasteiger partial charge in [-0.05, 0) is 12.1 Å². The molecule has 0 N–H and O–H groups in total. The lowest BCUT2D eigenvalue weighted by molar-refractivity contribution is -0.142. The summed E-state index contributed by atoms with van der Waals surface area (Å²) in [6.45, 7) is 0. The van der Waals surface area contributed by atoms with Crippen molar-refractivity contribution >= 4 is 15.9 Å². The maximum Gasteiger partial charge on any atom is 0.436 e. The molecule has 16 heavy (non-hydrogen) atoms. The predicted octanol–water partition coefficient (Wildman–Crippen LogP) is 4.12. The van der Waals surface area contributed by atoms with Crippen molar-refractivity contribution in [2.75, 3.05) is 0 Å². The number of nitrogens with zero attached hydrogens (tertiary/aromatic N) is 1. The second-order valence-corrected chi connectivity index (χ2v) is 4.00. The normalized spacial score (nSPS) is 11.8. The van der Waals surface area contributed by atoms with E-state index in [9.17, 15) is 13.2 Å². The molecule has 0 saturated carbocycles. The minimum absolute atomic E-state index is 0.0971. The summed E-state index contributed by atoms with van der Waals surface area (Å²) < 4.78 is 42.2. The van der Waals surface area contributed by atoms with Gasteiger partial charge in [0.1, 0.15) is 0 Å². The third-order valence-corrected chi connectivity index (χ3v) is 2.46. The summed E-state index contributed by atoms with van der Waals surface area (Å²) in [6.07, 6.45) is -4.48. The van der Waals surface area contributed by atoms with Crippen LogP contribution in [0.2, 0.25) is 0 Å². The van der Waals surface area contributed by atoms with E-state index in [1.807, 2.05) is 0 Å². The van der Waals surface area contributed by atoms with E-state index in [1.54, 1.807) is 24.3 Å². The summed E-state index contributed by atoms with van der Waals surface area (Å²) in [5.41, 5.74) is -0.475. The molecule has 0 radical (unpaired) electrons. The first-order chi connectivity index (χ1) is 7.47. The molecule has 1 heterocycles. The first kappa shape index (κ1) is 11.2. The number of halogens is 4. The Balaban J connectivity index is 2.35. The molecule has 0 amide bonds. The summed E-state index contributed by atoms with van der Waals surface area (Å²) in [4.78, 5) is 0. The lowest BCUT2D eigenvalue weighted by Gasteiger charge is -1.97. The van der Waals surface area contributed by atoms with Gasteiger partial charge in [0.15, 0.2) is 11.5 Å². The quantitative estimate of drug-likeness (QED) is 0.790. The monoisotopic (exact) mass is 291 g/mol. The van der Waals surface area contributed by atoms with E-state index in [-0.39, 0.29) is 5.76 Å². The molecule has 0 bridgehead atoms. The molecule has 84 valence electrons. The van der Waals surface area contributed by atoms with Gasteiger partial charge in [0, 0.05) is 16.1 Å². The highest BCUT2D eigenvalue weighted by molar-refractivity contribution is 9.10. The third kappa shape index (κ3) is 2.27. The van der Waals surface area contributed by atoms with Gasteiger partial charge in [-0.1, -0.05) is 33.2 Å². The fourth-order valence-electron chi connectivity index (χ4n) is 1.16. The summed E-state index contributed by atoms with van der Waals surface area (Å²) >= 11 is 3.23. The number of aromatic nitrogens is 1. The van der Waals surface area contributed by atoms with Crippen LogP contribution in [0, 0.1) is 0 Å². The van der Waals surface area contributed by atoms with Gasteiger partial charge in [0.2, 0.25) is 0 Å². The Labute approximate surface area is 97.2 Å². The van der Waals surface area contributed by atoms with E-state index in [2.05, 4.69) is 25.6 Å². The van der Waals surface area contributed by atoms with Crippen molar-refractivity contribution in [3.8, 4) is 11.3 Å². The van der Waals surface area contributed by atoms with Crippen LogP contribution < -0.4 is 0 Å². The van der Waals surface area contributed by atoms with Gasteiger partial charge in [0.25, 0.3) is 0 Å².